The standard InChI is InChI=1S/C12H16FNO/c1-8(2)14(4)12-6-5-10(13)7-11(12)9(3)15/h5-8H,1-4H3. The molecule has 0 radical (unpaired) electrons. The van der Waals surface area contributed by atoms with E-state index in [1.165, 1.54) is 19.1 Å². The van der Waals surface area contributed by atoms with Crippen LogP contribution in [0.3, 0.4) is 0 Å². The summed E-state index contributed by atoms with van der Waals surface area (Å²) in [5.74, 6) is -0.488. The Morgan fingerprint density at radius 3 is 2.47 bits per heavy atom. The molecule has 0 spiro atoms. The first-order chi connectivity index (χ1) is 6.93. The maximum Gasteiger partial charge on any atom is 0.161 e. The van der Waals surface area contributed by atoms with Crippen LogP contribution in [0.15, 0.2) is 18.2 Å². The number of hydrogen-bond donors (Lipinski definition) is 0. The largest absolute Gasteiger partial charge is 0.372 e. The highest BCUT2D eigenvalue weighted by molar-refractivity contribution is 5.99. The SMILES string of the molecule is CC(=O)c1cc(F)ccc1N(C)C(C)C. The molecular formula is C12H16FNO. The van der Waals surface area contributed by atoms with E-state index in [2.05, 4.69) is 0 Å². The first-order valence-electron chi connectivity index (χ1n) is 4.96. The second-order valence-corrected chi connectivity index (χ2v) is 3.92. The average molecular weight is 209 g/mol. The van der Waals surface area contributed by atoms with E-state index in [4.69, 9.17) is 0 Å². The minimum absolute atomic E-state index is 0.114. The number of halogens is 1. The second kappa shape index (κ2) is 4.43. The molecule has 3 heteroatoms. The van der Waals surface area contributed by atoms with Crippen molar-refractivity contribution < 1.29 is 9.18 Å². The van der Waals surface area contributed by atoms with Gasteiger partial charge in [-0.25, -0.2) is 4.39 Å². The molecule has 0 N–H and O–H groups in total. The minimum Gasteiger partial charge on any atom is -0.372 e. The number of anilines is 1. The molecule has 0 atom stereocenters. The quantitative estimate of drug-likeness (QED) is 0.713. The third-order valence-corrected chi connectivity index (χ3v) is 2.49. The minimum atomic E-state index is -0.374. The van der Waals surface area contributed by atoms with Gasteiger partial charge in [-0.15, -0.1) is 0 Å². The summed E-state index contributed by atoms with van der Waals surface area (Å²) in [7, 11) is 1.89. The molecule has 0 unspecified atom stereocenters. The van der Waals surface area contributed by atoms with Crippen molar-refractivity contribution in [3.63, 3.8) is 0 Å². The van der Waals surface area contributed by atoms with E-state index < -0.39 is 0 Å². The molecule has 0 bridgehead atoms. The first kappa shape index (κ1) is 11.7. The smallest absolute Gasteiger partial charge is 0.161 e. The third-order valence-electron chi connectivity index (χ3n) is 2.49. The number of nitrogens with zero attached hydrogens (tertiary/aromatic N) is 1. The molecule has 1 rings (SSSR count). The highest BCUT2D eigenvalue weighted by Crippen LogP contribution is 2.22. The van der Waals surface area contributed by atoms with Crippen molar-refractivity contribution in [2.45, 2.75) is 26.8 Å². The Morgan fingerprint density at radius 1 is 1.40 bits per heavy atom. The summed E-state index contributed by atoms with van der Waals surface area (Å²) in [6.45, 7) is 5.49. The van der Waals surface area contributed by atoms with Gasteiger partial charge in [0.15, 0.2) is 5.78 Å². The van der Waals surface area contributed by atoms with Crippen LogP contribution in [0.25, 0.3) is 0 Å². The number of carbonyl (C=O) groups excluding carboxylic acids is 1. The number of rotatable bonds is 3. The van der Waals surface area contributed by atoms with Gasteiger partial charge in [0.2, 0.25) is 0 Å². The van der Waals surface area contributed by atoms with Gasteiger partial charge in [0.25, 0.3) is 0 Å². The molecule has 0 aromatic heterocycles. The lowest BCUT2D eigenvalue weighted by molar-refractivity contribution is 0.101. The average Bonchev–Trinajstić information content (AvgIpc) is 2.16. The van der Waals surface area contributed by atoms with Crippen molar-refractivity contribution in [2.24, 2.45) is 0 Å². The number of Topliss-reactive ketones (excluding diaryl/α,β-unsaturated/α-hetero) is 1. The van der Waals surface area contributed by atoms with Crippen molar-refractivity contribution in [3.8, 4) is 0 Å². The molecular weight excluding hydrogens is 193 g/mol. The topological polar surface area (TPSA) is 20.3 Å². The molecule has 0 fully saturated rings. The van der Waals surface area contributed by atoms with Gasteiger partial charge >= 0.3 is 0 Å². The van der Waals surface area contributed by atoms with Gasteiger partial charge in [-0.05, 0) is 39.0 Å². The molecule has 0 aliphatic carbocycles. The van der Waals surface area contributed by atoms with E-state index >= 15 is 0 Å². The molecule has 0 aliphatic heterocycles. The van der Waals surface area contributed by atoms with Crippen LogP contribution < -0.4 is 4.90 Å². The van der Waals surface area contributed by atoms with Crippen LogP contribution in [-0.4, -0.2) is 18.9 Å². The summed E-state index contributed by atoms with van der Waals surface area (Å²) >= 11 is 0. The Balaban J connectivity index is 3.22. The summed E-state index contributed by atoms with van der Waals surface area (Å²) < 4.78 is 13.0. The fourth-order valence-corrected chi connectivity index (χ4v) is 1.38. The summed E-state index contributed by atoms with van der Waals surface area (Å²) in [6, 6.07) is 4.58. The van der Waals surface area contributed by atoms with Crippen LogP contribution in [0.1, 0.15) is 31.1 Å². The monoisotopic (exact) mass is 209 g/mol. The zero-order valence-electron chi connectivity index (χ0n) is 9.54. The molecule has 82 valence electrons. The first-order valence-corrected chi connectivity index (χ1v) is 4.96. The summed E-state index contributed by atoms with van der Waals surface area (Å²) in [5, 5.41) is 0. The third kappa shape index (κ3) is 2.55. The Kier molecular flexibility index (Phi) is 3.45. The van der Waals surface area contributed by atoms with Gasteiger partial charge in [-0.3, -0.25) is 4.79 Å². The Morgan fingerprint density at radius 2 is 2.00 bits per heavy atom. The molecule has 0 saturated heterocycles. The lowest BCUT2D eigenvalue weighted by Gasteiger charge is -2.25. The molecule has 1 aromatic rings. The predicted molar refractivity (Wildman–Crippen MR) is 59.9 cm³/mol. The van der Waals surface area contributed by atoms with Crippen molar-refractivity contribution in [1.82, 2.24) is 0 Å². The predicted octanol–water partition coefficient (Wildman–Crippen LogP) is 2.87. The van der Waals surface area contributed by atoms with Gasteiger partial charge in [0, 0.05) is 24.3 Å². The number of ketones is 1. The van der Waals surface area contributed by atoms with E-state index in [0.29, 0.717) is 5.56 Å². The van der Waals surface area contributed by atoms with Gasteiger partial charge < -0.3 is 4.90 Å². The number of hydrogen-bond acceptors (Lipinski definition) is 2. The highest BCUT2D eigenvalue weighted by atomic mass is 19.1. The normalized spacial score (nSPS) is 10.5. The number of benzene rings is 1. The summed E-state index contributed by atoms with van der Waals surface area (Å²) in [6.07, 6.45) is 0. The van der Waals surface area contributed by atoms with Crippen LogP contribution in [0.4, 0.5) is 10.1 Å². The zero-order chi connectivity index (χ0) is 11.6. The fourth-order valence-electron chi connectivity index (χ4n) is 1.38. The summed E-state index contributed by atoms with van der Waals surface area (Å²) in [4.78, 5) is 13.3. The summed E-state index contributed by atoms with van der Waals surface area (Å²) in [5.41, 5.74) is 1.21. The highest BCUT2D eigenvalue weighted by Gasteiger charge is 2.13. The van der Waals surface area contributed by atoms with Gasteiger partial charge in [-0.2, -0.15) is 0 Å². The molecule has 0 amide bonds. The lowest BCUT2D eigenvalue weighted by Crippen LogP contribution is -2.27. The maximum absolute atomic E-state index is 13.0. The van der Waals surface area contributed by atoms with Gasteiger partial charge in [-0.1, -0.05) is 0 Å². The van der Waals surface area contributed by atoms with E-state index in [1.807, 2.05) is 25.8 Å². The van der Waals surface area contributed by atoms with Gasteiger partial charge in [0.1, 0.15) is 5.82 Å². The van der Waals surface area contributed by atoms with Crippen molar-refractivity contribution in [2.75, 3.05) is 11.9 Å². The van der Waals surface area contributed by atoms with Crippen LogP contribution >= 0.6 is 0 Å². The Hall–Kier alpha value is -1.38. The van der Waals surface area contributed by atoms with Crippen LogP contribution in [0.5, 0.6) is 0 Å². The molecule has 0 saturated carbocycles. The molecule has 15 heavy (non-hydrogen) atoms. The molecule has 0 heterocycles. The Labute approximate surface area is 89.7 Å². The van der Waals surface area contributed by atoms with E-state index in [1.54, 1.807) is 6.07 Å². The van der Waals surface area contributed by atoms with Crippen LogP contribution in [-0.2, 0) is 0 Å². The second-order valence-electron chi connectivity index (χ2n) is 3.92. The molecule has 1 aromatic carbocycles. The van der Waals surface area contributed by atoms with Crippen LogP contribution in [0, 0.1) is 5.82 Å². The fraction of sp³-hybridized carbons (Fsp3) is 0.417. The van der Waals surface area contributed by atoms with Crippen LogP contribution in [0.2, 0.25) is 0 Å². The van der Waals surface area contributed by atoms with Crippen molar-refractivity contribution >= 4 is 11.5 Å². The zero-order valence-corrected chi connectivity index (χ0v) is 9.54. The Bertz CT molecular complexity index is 374. The van der Waals surface area contributed by atoms with E-state index in [9.17, 15) is 9.18 Å². The molecule has 0 aliphatic rings. The van der Waals surface area contributed by atoms with Crippen molar-refractivity contribution in [3.05, 3.63) is 29.6 Å². The lowest BCUT2D eigenvalue weighted by atomic mass is 10.1. The number of carbonyl (C=O) groups is 1. The van der Waals surface area contributed by atoms with E-state index in [0.717, 1.165) is 5.69 Å². The van der Waals surface area contributed by atoms with Gasteiger partial charge in [0.05, 0.1) is 0 Å². The molecule has 2 nitrogen and oxygen atoms in total. The van der Waals surface area contributed by atoms with Crippen molar-refractivity contribution in [1.29, 1.82) is 0 Å². The maximum atomic E-state index is 13.0. The van der Waals surface area contributed by atoms with E-state index in [-0.39, 0.29) is 17.6 Å².